The molecule has 0 aromatic carbocycles. The Hall–Kier alpha value is -0.770. The molecule has 2 unspecified atom stereocenters. The van der Waals surface area contributed by atoms with Crippen molar-refractivity contribution in [1.29, 1.82) is 0 Å². The minimum atomic E-state index is -0.679. The molecule has 4 nitrogen and oxygen atoms in total. The van der Waals surface area contributed by atoms with Crippen LogP contribution in [0, 0.1) is 11.8 Å². The van der Waals surface area contributed by atoms with E-state index in [2.05, 4.69) is 0 Å². The maximum absolute atomic E-state index is 10.4. The van der Waals surface area contributed by atoms with Crippen molar-refractivity contribution in [3.63, 3.8) is 0 Å². The highest BCUT2D eigenvalue weighted by Gasteiger charge is 2.24. The van der Waals surface area contributed by atoms with Gasteiger partial charge in [0.15, 0.2) is 0 Å². The number of primary amides is 1. The predicted octanol–water partition coefficient (Wildman–Crippen LogP) is 0.847. The number of carbonyl (C=O) groups is 1. The topological polar surface area (TPSA) is 78.3 Å². The van der Waals surface area contributed by atoms with E-state index >= 15 is 0 Å². The minimum Gasteiger partial charge on any atom is -0.449 e. The molecule has 1 amide bonds. The molecule has 13 heavy (non-hydrogen) atoms. The van der Waals surface area contributed by atoms with Crippen molar-refractivity contribution in [2.45, 2.75) is 25.7 Å². The Balaban J connectivity index is 2.31. The van der Waals surface area contributed by atoms with Crippen LogP contribution in [0.15, 0.2) is 0 Å². The third-order valence-electron chi connectivity index (χ3n) is 2.81. The molecule has 0 heterocycles. The highest BCUT2D eigenvalue weighted by Crippen LogP contribution is 2.29. The van der Waals surface area contributed by atoms with E-state index in [1.54, 1.807) is 0 Å². The van der Waals surface area contributed by atoms with Gasteiger partial charge in [-0.2, -0.15) is 0 Å². The summed E-state index contributed by atoms with van der Waals surface area (Å²) in [5, 5.41) is 0. The number of rotatable bonds is 3. The first-order valence-corrected chi connectivity index (χ1v) is 4.86. The van der Waals surface area contributed by atoms with E-state index < -0.39 is 6.09 Å². The van der Waals surface area contributed by atoms with E-state index in [-0.39, 0.29) is 0 Å². The normalized spacial score (nSPS) is 28.4. The lowest BCUT2D eigenvalue weighted by Gasteiger charge is -2.29. The lowest BCUT2D eigenvalue weighted by atomic mass is 9.80. The molecule has 1 rings (SSSR count). The Labute approximate surface area is 78.6 Å². The maximum Gasteiger partial charge on any atom is 0.404 e. The van der Waals surface area contributed by atoms with E-state index in [9.17, 15) is 4.79 Å². The summed E-state index contributed by atoms with van der Waals surface area (Å²) < 4.78 is 4.80. The van der Waals surface area contributed by atoms with Gasteiger partial charge in [-0.3, -0.25) is 0 Å². The molecule has 0 aromatic rings. The summed E-state index contributed by atoms with van der Waals surface area (Å²) in [6.07, 6.45) is 4.04. The predicted molar refractivity (Wildman–Crippen MR) is 50.0 cm³/mol. The SMILES string of the molecule is NCC1CCCCC1COC(N)=O. The number of nitrogens with two attached hydrogens (primary N) is 2. The molecular weight excluding hydrogens is 168 g/mol. The Morgan fingerprint density at radius 1 is 1.31 bits per heavy atom. The van der Waals surface area contributed by atoms with Crippen LogP contribution in [-0.2, 0) is 4.74 Å². The first kappa shape index (κ1) is 10.3. The number of ether oxygens (including phenoxy) is 1. The smallest absolute Gasteiger partial charge is 0.404 e. The molecule has 0 radical (unpaired) electrons. The second-order valence-corrected chi connectivity index (χ2v) is 3.67. The summed E-state index contributed by atoms with van der Waals surface area (Å²) in [6, 6.07) is 0. The van der Waals surface area contributed by atoms with Gasteiger partial charge in [-0.1, -0.05) is 12.8 Å². The van der Waals surface area contributed by atoms with Gasteiger partial charge in [-0.05, 0) is 31.2 Å². The van der Waals surface area contributed by atoms with E-state index in [1.165, 1.54) is 12.8 Å². The third kappa shape index (κ3) is 3.22. The van der Waals surface area contributed by atoms with Gasteiger partial charge in [-0.15, -0.1) is 0 Å². The summed E-state index contributed by atoms with van der Waals surface area (Å²) in [4.78, 5) is 10.4. The Morgan fingerprint density at radius 3 is 2.46 bits per heavy atom. The second kappa shape index (κ2) is 5.07. The lowest BCUT2D eigenvalue weighted by Crippen LogP contribution is -2.31. The Kier molecular flexibility index (Phi) is 4.02. The van der Waals surface area contributed by atoms with Crippen LogP contribution in [0.25, 0.3) is 0 Å². The summed E-state index contributed by atoms with van der Waals surface area (Å²) >= 11 is 0. The fourth-order valence-corrected chi connectivity index (χ4v) is 2.00. The van der Waals surface area contributed by atoms with Crippen LogP contribution in [0.3, 0.4) is 0 Å². The number of carbonyl (C=O) groups excluding carboxylic acids is 1. The van der Waals surface area contributed by atoms with E-state index in [0.717, 1.165) is 12.8 Å². The van der Waals surface area contributed by atoms with Gasteiger partial charge in [0.2, 0.25) is 0 Å². The molecule has 1 saturated carbocycles. The van der Waals surface area contributed by atoms with Gasteiger partial charge in [0.1, 0.15) is 0 Å². The zero-order valence-corrected chi connectivity index (χ0v) is 7.87. The molecule has 2 atom stereocenters. The molecule has 4 heteroatoms. The average Bonchev–Trinajstić information content (AvgIpc) is 2.15. The van der Waals surface area contributed by atoms with Gasteiger partial charge in [-0.25, -0.2) is 4.79 Å². The van der Waals surface area contributed by atoms with Crippen LogP contribution in [0.4, 0.5) is 4.79 Å². The van der Waals surface area contributed by atoms with Gasteiger partial charge in [0.25, 0.3) is 0 Å². The van der Waals surface area contributed by atoms with Gasteiger partial charge < -0.3 is 16.2 Å². The largest absolute Gasteiger partial charge is 0.449 e. The zero-order chi connectivity index (χ0) is 9.68. The van der Waals surface area contributed by atoms with Crippen molar-refractivity contribution in [2.75, 3.05) is 13.2 Å². The van der Waals surface area contributed by atoms with Crippen LogP contribution < -0.4 is 11.5 Å². The van der Waals surface area contributed by atoms with Crippen molar-refractivity contribution < 1.29 is 9.53 Å². The Morgan fingerprint density at radius 2 is 1.92 bits per heavy atom. The van der Waals surface area contributed by atoms with Crippen LogP contribution in [-0.4, -0.2) is 19.2 Å². The van der Waals surface area contributed by atoms with Crippen molar-refractivity contribution in [2.24, 2.45) is 23.3 Å². The first-order valence-electron chi connectivity index (χ1n) is 4.86. The van der Waals surface area contributed by atoms with Gasteiger partial charge >= 0.3 is 6.09 Å². The standard InChI is InChI=1S/C9H18N2O2/c10-5-7-3-1-2-4-8(7)6-13-9(11)12/h7-8H,1-6,10H2,(H2,11,12). The molecule has 0 aromatic heterocycles. The van der Waals surface area contributed by atoms with Gasteiger partial charge in [0.05, 0.1) is 6.61 Å². The highest BCUT2D eigenvalue weighted by atomic mass is 16.5. The molecular formula is C9H18N2O2. The molecule has 0 bridgehead atoms. The van der Waals surface area contributed by atoms with Crippen LogP contribution in [0.2, 0.25) is 0 Å². The zero-order valence-electron chi connectivity index (χ0n) is 7.87. The summed E-state index contributed by atoms with van der Waals surface area (Å²) in [5.41, 5.74) is 10.5. The molecule has 1 aliphatic carbocycles. The van der Waals surface area contributed by atoms with E-state index in [4.69, 9.17) is 16.2 Å². The molecule has 1 aliphatic rings. The Bertz CT molecular complexity index is 173. The number of hydrogen-bond acceptors (Lipinski definition) is 3. The highest BCUT2D eigenvalue weighted by molar-refractivity contribution is 5.64. The molecule has 76 valence electrons. The molecule has 0 saturated heterocycles. The average molecular weight is 186 g/mol. The van der Waals surface area contributed by atoms with Crippen molar-refractivity contribution in [3.05, 3.63) is 0 Å². The van der Waals surface area contributed by atoms with Crippen LogP contribution >= 0.6 is 0 Å². The number of hydrogen-bond donors (Lipinski definition) is 2. The third-order valence-corrected chi connectivity index (χ3v) is 2.81. The van der Waals surface area contributed by atoms with Crippen LogP contribution in [0.1, 0.15) is 25.7 Å². The molecule has 0 spiro atoms. The summed E-state index contributed by atoms with van der Waals surface area (Å²) in [6.45, 7) is 1.13. The first-order chi connectivity index (χ1) is 6.24. The number of amides is 1. The summed E-state index contributed by atoms with van der Waals surface area (Å²) in [7, 11) is 0. The van der Waals surface area contributed by atoms with Crippen molar-refractivity contribution in [3.8, 4) is 0 Å². The van der Waals surface area contributed by atoms with Crippen molar-refractivity contribution >= 4 is 6.09 Å². The fraction of sp³-hybridized carbons (Fsp3) is 0.889. The van der Waals surface area contributed by atoms with Gasteiger partial charge in [0, 0.05) is 0 Å². The molecule has 4 N–H and O–H groups in total. The summed E-state index contributed by atoms with van der Waals surface area (Å²) in [5.74, 6) is 0.930. The van der Waals surface area contributed by atoms with E-state index in [1.807, 2.05) is 0 Å². The van der Waals surface area contributed by atoms with Crippen LogP contribution in [0.5, 0.6) is 0 Å². The maximum atomic E-state index is 10.4. The molecule has 0 aliphatic heterocycles. The fourth-order valence-electron chi connectivity index (χ4n) is 2.00. The molecule has 1 fully saturated rings. The monoisotopic (exact) mass is 186 g/mol. The quantitative estimate of drug-likeness (QED) is 0.685. The second-order valence-electron chi connectivity index (χ2n) is 3.67. The lowest BCUT2D eigenvalue weighted by molar-refractivity contribution is 0.101. The minimum absolute atomic E-state index is 0.422. The van der Waals surface area contributed by atoms with Crippen molar-refractivity contribution in [1.82, 2.24) is 0 Å². The van der Waals surface area contributed by atoms with E-state index in [0.29, 0.717) is 25.0 Å².